The van der Waals surface area contributed by atoms with E-state index in [1.807, 2.05) is 25.2 Å². The number of aliphatic hydroxyl groups is 1. The molecular formula is C20H25N3O3S. The minimum atomic E-state index is -3.50. The minimum Gasteiger partial charge on any atom is -0.394 e. The number of sulfonamides is 1. The molecule has 2 aromatic heterocycles. The molecule has 27 heavy (non-hydrogen) atoms. The van der Waals surface area contributed by atoms with Crippen LogP contribution in [0.1, 0.15) is 19.4 Å². The van der Waals surface area contributed by atoms with E-state index in [1.165, 1.54) is 21.5 Å². The third-order valence-corrected chi connectivity index (χ3v) is 6.65. The molecule has 3 aromatic rings. The summed E-state index contributed by atoms with van der Waals surface area (Å²) in [7, 11) is -1.49. The SMILES string of the molecule is CCc1c(-c2cncc(N(CCO)S(=O)(=O)CC)c2)n(C)c2ccccc12. The van der Waals surface area contributed by atoms with Crippen molar-refractivity contribution in [2.24, 2.45) is 7.05 Å². The van der Waals surface area contributed by atoms with Gasteiger partial charge in [-0.15, -0.1) is 0 Å². The molecule has 0 saturated heterocycles. The van der Waals surface area contributed by atoms with Gasteiger partial charge in [0.1, 0.15) is 0 Å². The van der Waals surface area contributed by atoms with Crippen molar-refractivity contribution in [1.29, 1.82) is 0 Å². The Hall–Kier alpha value is -2.38. The highest BCUT2D eigenvalue weighted by Gasteiger charge is 2.22. The molecule has 6 nitrogen and oxygen atoms in total. The van der Waals surface area contributed by atoms with Crippen molar-refractivity contribution in [1.82, 2.24) is 9.55 Å². The van der Waals surface area contributed by atoms with Crippen LogP contribution in [-0.4, -0.2) is 42.0 Å². The molecule has 0 radical (unpaired) electrons. The average Bonchev–Trinajstić information content (AvgIpc) is 2.98. The molecule has 0 spiro atoms. The summed E-state index contributed by atoms with van der Waals surface area (Å²) in [6.45, 7) is 3.47. The molecule has 144 valence electrons. The predicted octanol–water partition coefficient (Wildman–Crippen LogP) is 2.95. The van der Waals surface area contributed by atoms with Crippen molar-refractivity contribution in [3.63, 3.8) is 0 Å². The predicted molar refractivity (Wildman–Crippen MR) is 109 cm³/mol. The maximum absolute atomic E-state index is 12.5. The molecule has 3 rings (SSSR count). The number of rotatable bonds is 7. The summed E-state index contributed by atoms with van der Waals surface area (Å²) in [6.07, 6.45) is 4.14. The zero-order valence-electron chi connectivity index (χ0n) is 15.9. The Balaban J connectivity index is 2.19. The summed E-state index contributed by atoms with van der Waals surface area (Å²) in [5, 5.41) is 10.5. The standard InChI is InChI=1S/C20H25N3O3S/c1-4-17-18-8-6-7-9-19(18)22(3)20(17)15-12-16(14-21-13-15)23(10-11-24)27(25,26)5-2/h6-9,12-14,24H,4-5,10-11H2,1-3H3. The first-order valence-electron chi connectivity index (χ1n) is 9.07. The van der Waals surface area contributed by atoms with E-state index in [4.69, 9.17) is 0 Å². The molecule has 1 aromatic carbocycles. The van der Waals surface area contributed by atoms with Gasteiger partial charge in [-0.25, -0.2) is 8.42 Å². The lowest BCUT2D eigenvalue weighted by Gasteiger charge is -2.23. The number of anilines is 1. The summed E-state index contributed by atoms with van der Waals surface area (Å²) < 4.78 is 28.3. The van der Waals surface area contributed by atoms with Gasteiger partial charge >= 0.3 is 0 Å². The van der Waals surface area contributed by atoms with Crippen LogP contribution in [0.25, 0.3) is 22.2 Å². The lowest BCUT2D eigenvalue weighted by Crippen LogP contribution is -2.34. The number of aromatic nitrogens is 2. The second kappa shape index (κ2) is 7.70. The van der Waals surface area contributed by atoms with Gasteiger partial charge in [0.15, 0.2) is 0 Å². The molecule has 0 fully saturated rings. The van der Waals surface area contributed by atoms with E-state index in [0.29, 0.717) is 5.69 Å². The minimum absolute atomic E-state index is 0.0110. The zero-order valence-corrected chi connectivity index (χ0v) is 16.7. The van der Waals surface area contributed by atoms with Crippen molar-refractivity contribution in [3.05, 3.63) is 48.3 Å². The van der Waals surface area contributed by atoms with Crippen LogP contribution in [0.4, 0.5) is 5.69 Å². The molecule has 0 unspecified atom stereocenters. The Morgan fingerprint density at radius 1 is 1.19 bits per heavy atom. The number of pyridine rings is 1. The highest BCUT2D eigenvalue weighted by atomic mass is 32.2. The number of para-hydroxylation sites is 1. The Kier molecular flexibility index (Phi) is 5.53. The Morgan fingerprint density at radius 3 is 2.59 bits per heavy atom. The van der Waals surface area contributed by atoms with Gasteiger partial charge in [0.2, 0.25) is 10.0 Å². The molecule has 0 aliphatic carbocycles. The van der Waals surface area contributed by atoms with E-state index in [1.54, 1.807) is 13.1 Å². The van der Waals surface area contributed by atoms with Gasteiger partial charge in [-0.3, -0.25) is 9.29 Å². The Labute approximate surface area is 160 Å². The van der Waals surface area contributed by atoms with Crippen LogP contribution in [-0.2, 0) is 23.5 Å². The molecule has 7 heteroatoms. The van der Waals surface area contributed by atoms with E-state index >= 15 is 0 Å². The number of aryl methyl sites for hydroxylation is 2. The maximum atomic E-state index is 12.5. The lowest BCUT2D eigenvalue weighted by molar-refractivity contribution is 0.306. The summed E-state index contributed by atoms with van der Waals surface area (Å²) >= 11 is 0. The second-order valence-corrected chi connectivity index (χ2v) is 8.57. The van der Waals surface area contributed by atoms with Crippen LogP contribution in [0, 0.1) is 0 Å². The lowest BCUT2D eigenvalue weighted by atomic mass is 10.0. The molecular weight excluding hydrogens is 362 g/mol. The van der Waals surface area contributed by atoms with E-state index in [9.17, 15) is 13.5 Å². The van der Waals surface area contributed by atoms with Crippen LogP contribution in [0.2, 0.25) is 0 Å². The van der Waals surface area contributed by atoms with Crippen molar-refractivity contribution in [2.75, 3.05) is 23.2 Å². The number of hydrogen-bond acceptors (Lipinski definition) is 4. The first-order chi connectivity index (χ1) is 12.9. The van der Waals surface area contributed by atoms with E-state index in [0.717, 1.165) is 23.2 Å². The topological polar surface area (TPSA) is 75.4 Å². The molecule has 0 aliphatic rings. The monoisotopic (exact) mass is 387 g/mol. The maximum Gasteiger partial charge on any atom is 0.235 e. The van der Waals surface area contributed by atoms with Crippen molar-refractivity contribution in [2.45, 2.75) is 20.3 Å². The highest BCUT2D eigenvalue weighted by Crippen LogP contribution is 2.34. The summed E-state index contributed by atoms with van der Waals surface area (Å²) in [6, 6.07) is 10.1. The third kappa shape index (κ3) is 3.44. The zero-order chi connectivity index (χ0) is 19.6. The first kappa shape index (κ1) is 19.4. The quantitative estimate of drug-likeness (QED) is 0.676. The van der Waals surface area contributed by atoms with Crippen LogP contribution >= 0.6 is 0 Å². The van der Waals surface area contributed by atoms with Gasteiger partial charge in [-0.05, 0) is 31.0 Å². The van der Waals surface area contributed by atoms with Gasteiger partial charge in [0.05, 0.1) is 36.5 Å². The Morgan fingerprint density at radius 2 is 1.93 bits per heavy atom. The van der Waals surface area contributed by atoms with Crippen molar-refractivity contribution in [3.8, 4) is 11.3 Å². The first-order valence-corrected chi connectivity index (χ1v) is 10.7. The molecule has 0 atom stereocenters. The molecule has 0 amide bonds. The smallest absolute Gasteiger partial charge is 0.235 e. The fourth-order valence-electron chi connectivity index (χ4n) is 3.57. The van der Waals surface area contributed by atoms with Gasteiger partial charge in [0, 0.05) is 29.7 Å². The van der Waals surface area contributed by atoms with Crippen LogP contribution in [0.5, 0.6) is 0 Å². The molecule has 0 saturated carbocycles. The summed E-state index contributed by atoms with van der Waals surface area (Å²) in [5.74, 6) is -0.0362. The number of nitrogens with zero attached hydrogens (tertiary/aromatic N) is 3. The Bertz CT molecular complexity index is 1060. The second-order valence-electron chi connectivity index (χ2n) is 6.38. The third-order valence-electron chi connectivity index (χ3n) is 4.85. The summed E-state index contributed by atoms with van der Waals surface area (Å²) in [5.41, 5.74) is 4.70. The van der Waals surface area contributed by atoms with Crippen molar-refractivity contribution >= 4 is 26.6 Å². The van der Waals surface area contributed by atoms with Gasteiger partial charge in [0.25, 0.3) is 0 Å². The molecule has 0 aliphatic heterocycles. The fourth-order valence-corrected chi connectivity index (χ4v) is 4.66. The van der Waals surface area contributed by atoms with E-state index < -0.39 is 10.0 Å². The van der Waals surface area contributed by atoms with Gasteiger partial charge < -0.3 is 9.67 Å². The molecule has 0 bridgehead atoms. The average molecular weight is 388 g/mol. The molecule has 1 N–H and O–H groups in total. The molecule has 2 heterocycles. The largest absolute Gasteiger partial charge is 0.394 e. The van der Waals surface area contributed by atoms with Crippen LogP contribution in [0.3, 0.4) is 0 Å². The van der Waals surface area contributed by atoms with Crippen LogP contribution in [0.15, 0.2) is 42.7 Å². The number of benzene rings is 1. The van der Waals surface area contributed by atoms with E-state index in [-0.39, 0.29) is 18.9 Å². The van der Waals surface area contributed by atoms with Crippen molar-refractivity contribution < 1.29 is 13.5 Å². The summed E-state index contributed by atoms with van der Waals surface area (Å²) in [4.78, 5) is 4.30. The number of fused-ring (bicyclic) bond motifs is 1. The normalized spacial score (nSPS) is 11.9. The van der Waals surface area contributed by atoms with E-state index in [2.05, 4.69) is 28.6 Å². The van der Waals surface area contributed by atoms with Gasteiger partial charge in [-0.2, -0.15) is 0 Å². The fraction of sp³-hybridized carbons (Fsp3) is 0.350. The number of hydrogen-bond donors (Lipinski definition) is 1. The highest BCUT2D eigenvalue weighted by molar-refractivity contribution is 7.92. The van der Waals surface area contributed by atoms with Gasteiger partial charge in [-0.1, -0.05) is 25.1 Å². The number of aliphatic hydroxyl groups excluding tert-OH is 1. The van der Waals surface area contributed by atoms with Crippen LogP contribution < -0.4 is 4.31 Å².